The van der Waals surface area contributed by atoms with Gasteiger partial charge >= 0.3 is 0 Å². The number of carbonyl (C=O) groups is 1. The van der Waals surface area contributed by atoms with Gasteiger partial charge in [-0.1, -0.05) is 129 Å². The SMILES string of the molecule is Br.CCCCCCCCCCCCCCOc1ccc(CC(=O)Nc2ccccc2CN2CSC=C2C)cc1C(C)(C)C. The van der Waals surface area contributed by atoms with Gasteiger partial charge in [0.15, 0.2) is 0 Å². The van der Waals surface area contributed by atoms with Crippen molar-refractivity contribution < 1.29 is 9.53 Å². The predicted octanol–water partition coefficient (Wildman–Crippen LogP) is 11.2. The van der Waals surface area contributed by atoms with Crippen LogP contribution in [0.25, 0.3) is 0 Å². The molecule has 240 valence electrons. The molecule has 0 aliphatic carbocycles. The minimum atomic E-state index is -0.0654. The first kappa shape index (κ1) is 37.3. The number of anilines is 1. The van der Waals surface area contributed by atoms with Crippen LogP contribution >= 0.6 is 28.7 Å². The number of thioether (sulfide) groups is 1. The molecule has 0 fully saturated rings. The van der Waals surface area contributed by atoms with Crippen molar-refractivity contribution in [1.82, 2.24) is 4.90 Å². The van der Waals surface area contributed by atoms with Gasteiger partial charge in [0.2, 0.25) is 5.91 Å². The zero-order valence-corrected chi connectivity index (χ0v) is 30.0. The first-order chi connectivity index (χ1) is 20.3. The van der Waals surface area contributed by atoms with Gasteiger partial charge in [0.05, 0.1) is 18.9 Å². The maximum absolute atomic E-state index is 13.1. The minimum Gasteiger partial charge on any atom is -0.493 e. The second-order valence-corrected chi connectivity index (χ2v) is 13.8. The van der Waals surface area contributed by atoms with E-state index in [-0.39, 0.29) is 28.3 Å². The summed E-state index contributed by atoms with van der Waals surface area (Å²) in [5.74, 6) is 1.92. The van der Waals surface area contributed by atoms with Gasteiger partial charge in [0, 0.05) is 17.9 Å². The second kappa shape index (κ2) is 20.2. The van der Waals surface area contributed by atoms with Gasteiger partial charge in [0.25, 0.3) is 0 Å². The van der Waals surface area contributed by atoms with E-state index in [1.54, 1.807) is 0 Å². The summed E-state index contributed by atoms with van der Waals surface area (Å²) in [6, 6.07) is 14.4. The van der Waals surface area contributed by atoms with Gasteiger partial charge in [-0.3, -0.25) is 4.79 Å². The Labute approximate surface area is 277 Å². The Hall–Kier alpha value is -1.92. The molecular weight excluding hydrogens is 616 g/mol. The molecule has 1 heterocycles. The molecule has 2 aromatic carbocycles. The van der Waals surface area contributed by atoms with Crippen LogP contribution in [-0.4, -0.2) is 23.3 Å². The second-order valence-electron chi connectivity index (χ2n) is 13.0. The van der Waals surface area contributed by atoms with Crippen molar-refractivity contribution >= 4 is 40.3 Å². The molecule has 0 unspecified atom stereocenters. The number of rotatable bonds is 19. The number of nitrogens with zero attached hydrogens (tertiary/aromatic N) is 1. The molecule has 0 bridgehead atoms. The summed E-state index contributed by atoms with van der Waals surface area (Å²) in [5.41, 5.74) is 5.42. The molecule has 2 aromatic rings. The van der Waals surface area contributed by atoms with Crippen molar-refractivity contribution in [2.45, 2.75) is 130 Å². The first-order valence-electron chi connectivity index (χ1n) is 16.4. The molecule has 4 nitrogen and oxygen atoms in total. The number of hydrogen-bond acceptors (Lipinski definition) is 4. The molecule has 43 heavy (non-hydrogen) atoms. The Balaban J connectivity index is 0.00000645. The summed E-state index contributed by atoms with van der Waals surface area (Å²) >= 11 is 1.81. The summed E-state index contributed by atoms with van der Waals surface area (Å²) < 4.78 is 6.29. The lowest BCUT2D eigenvalue weighted by atomic mass is 9.85. The van der Waals surface area contributed by atoms with Crippen LogP contribution < -0.4 is 10.1 Å². The Bertz CT molecular complexity index is 1130. The third-order valence-electron chi connectivity index (χ3n) is 8.11. The quantitative estimate of drug-likeness (QED) is 0.151. The monoisotopic (exact) mass is 672 g/mol. The number of allylic oxidation sites excluding steroid dienone is 1. The summed E-state index contributed by atoms with van der Waals surface area (Å²) in [6.07, 6.45) is 16.5. The number of benzene rings is 2. The van der Waals surface area contributed by atoms with Crippen molar-refractivity contribution in [3.8, 4) is 5.75 Å². The molecule has 0 spiro atoms. The average molecular weight is 674 g/mol. The van der Waals surface area contributed by atoms with Crippen LogP contribution in [0, 0.1) is 0 Å². The summed E-state index contributed by atoms with van der Waals surface area (Å²) in [5, 5.41) is 5.37. The Morgan fingerprint density at radius 2 is 1.53 bits per heavy atom. The van der Waals surface area contributed by atoms with Gasteiger partial charge in [-0.05, 0) is 53.0 Å². The molecule has 0 saturated carbocycles. The zero-order chi connectivity index (χ0) is 30.2. The number of carbonyl (C=O) groups excluding carboxylic acids is 1. The summed E-state index contributed by atoms with van der Waals surface area (Å²) in [4.78, 5) is 15.5. The first-order valence-corrected chi connectivity index (χ1v) is 17.5. The fraction of sp³-hybridized carbons (Fsp3) is 0.595. The van der Waals surface area contributed by atoms with Crippen LogP contribution in [0.1, 0.15) is 128 Å². The van der Waals surface area contributed by atoms with Crippen molar-refractivity contribution in [3.63, 3.8) is 0 Å². The molecule has 0 saturated heterocycles. The van der Waals surface area contributed by atoms with E-state index in [1.165, 1.54) is 81.9 Å². The van der Waals surface area contributed by atoms with Crippen LogP contribution in [0.3, 0.4) is 0 Å². The van der Waals surface area contributed by atoms with Crippen molar-refractivity contribution in [3.05, 3.63) is 70.3 Å². The van der Waals surface area contributed by atoms with Gasteiger partial charge in [0.1, 0.15) is 5.75 Å². The van der Waals surface area contributed by atoms with Crippen LogP contribution in [-0.2, 0) is 23.2 Å². The number of nitrogens with one attached hydrogen (secondary N) is 1. The van der Waals surface area contributed by atoms with E-state index in [9.17, 15) is 4.79 Å². The predicted molar refractivity (Wildman–Crippen MR) is 193 cm³/mol. The number of ether oxygens (including phenoxy) is 1. The van der Waals surface area contributed by atoms with Crippen LogP contribution in [0.2, 0.25) is 0 Å². The van der Waals surface area contributed by atoms with Crippen LogP contribution in [0.4, 0.5) is 5.69 Å². The highest BCUT2D eigenvalue weighted by Crippen LogP contribution is 2.33. The van der Waals surface area contributed by atoms with E-state index in [2.05, 4.69) is 68.4 Å². The molecule has 6 heteroatoms. The van der Waals surface area contributed by atoms with Gasteiger partial charge in [-0.25, -0.2) is 0 Å². The molecule has 1 aliphatic rings. The van der Waals surface area contributed by atoms with Gasteiger partial charge in [-0.2, -0.15) is 0 Å². The lowest BCUT2D eigenvalue weighted by Crippen LogP contribution is -2.20. The van der Waals surface area contributed by atoms with Crippen molar-refractivity contribution in [1.29, 1.82) is 0 Å². The van der Waals surface area contributed by atoms with E-state index >= 15 is 0 Å². The molecule has 0 radical (unpaired) electrons. The highest BCUT2D eigenvalue weighted by molar-refractivity contribution is 8.93. The third-order valence-corrected chi connectivity index (χ3v) is 9.08. The van der Waals surface area contributed by atoms with E-state index in [4.69, 9.17) is 4.74 Å². The fourth-order valence-corrected chi connectivity index (χ4v) is 6.42. The molecule has 0 atom stereocenters. The molecule has 1 amide bonds. The average Bonchev–Trinajstić information content (AvgIpc) is 3.36. The van der Waals surface area contributed by atoms with Crippen molar-refractivity contribution in [2.75, 3.05) is 17.8 Å². The maximum atomic E-state index is 13.1. The number of para-hydroxylation sites is 1. The van der Waals surface area contributed by atoms with Crippen LogP contribution in [0.15, 0.2) is 53.6 Å². The number of amides is 1. The number of hydrogen-bond donors (Lipinski definition) is 1. The highest BCUT2D eigenvalue weighted by Gasteiger charge is 2.21. The largest absolute Gasteiger partial charge is 0.493 e. The van der Waals surface area contributed by atoms with E-state index < -0.39 is 0 Å². The molecular formula is C37H57BrN2O2S. The molecule has 1 aliphatic heterocycles. The minimum absolute atomic E-state index is 0. The summed E-state index contributed by atoms with van der Waals surface area (Å²) in [7, 11) is 0. The zero-order valence-electron chi connectivity index (χ0n) is 27.5. The van der Waals surface area contributed by atoms with E-state index in [0.29, 0.717) is 6.42 Å². The third kappa shape index (κ3) is 13.7. The lowest BCUT2D eigenvalue weighted by Gasteiger charge is -2.24. The summed E-state index contributed by atoms with van der Waals surface area (Å²) in [6.45, 7) is 12.6. The van der Waals surface area contributed by atoms with Crippen molar-refractivity contribution in [2.24, 2.45) is 0 Å². The smallest absolute Gasteiger partial charge is 0.228 e. The normalized spacial score (nSPS) is 13.0. The standard InChI is InChI=1S/C37H56N2O2S.BrH/c1-6-7-8-9-10-11-12-13-14-15-16-19-24-41-35-23-22-31(25-33(35)37(3,4)5)26-36(40)38-34-21-18-17-20-32(34)27-39-29-42-28-30(39)2;/h17-18,20-23,25,28H,6-16,19,24,26-27,29H2,1-5H3,(H,38,40);1H. The number of halogens is 1. The number of unbranched alkanes of at least 4 members (excludes halogenated alkanes) is 11. The topological polar surface area (TPSA) is 41.6 Å². The van der Waals surface area contributed by atoms with E-state index in [0.717, 1.165) is 48.0 Å². The van der Waals surface area contributed by atoms with E-state index in [1.807, 2.05) is 36.0 Å². The lowest BCUT2D eigenvalue weighted by molar-refractivity contribution is -0.115. The maximum Gasteiger partial charge on any atom is 0.228 e. The fourth-order valence-electron chi connectivity index (χ4n) is 5.48. The molecule has 1 N–H and O–H groups in total. The van der Waals surface area contributed by atoms with Crippen LogP contribution in [0.5, 0.6) is 5.75 Å². The van der Waals surface area contributed by atoms with Gasteiger partial charge < -0.3 is 15.0 Å². The molecule has 0 aromatic heterocycles. The molecule has 3 rings (SSSR count). The highest BCUT2D eigenvalue weighted by atomic mass is 79.9. The Kier molecular flexibility index (Phi) is 17.5. The van der Waals surface area contributed by atoms with Gasteiger partial charge in [-0.15, -0.1) is 28.7 Å². The Morgan fingerprint density at radius 1 is 0.907 bits per heavy atom. The Morgan fingerprint density at radius 3 is 2.14 bits per heavy atom.